The summed E-state index contributed by atoms with van der Waals surface area (Å²) in [5.74, 6) is -2.92. The minimum atomic E-state index is -1.79. The molecule has 0 radical (unpaired) electrons. The lowest BCUT2D eigenvalue weighted by Gasteiger charge is -2.41. The lowest BCUT2D eigenvalue weighted by atomic mass is 9.69. The maximum absolute atomic E-state index is 14.1. The number of ketones is 1. The number of hydrogen-bond acceptors (Lipinski definition) is 8. The number of carbonyl (C=O) groups is 5. The predicted octanol–water partition coefficient (Wildman–Crippen LogP) is 0.455. The topological polar surface area (TPSA) is 172 Å². The first-order chi connectivity index (χ1) is 20.5. The van der Waals surface area contributed by atoms with E-state index in [-0.39, 0.29) is 49.5 Å². The van der Waals surface area contributed by atoms with Crippen molar-refractivity contribution in [3.05, 3.63) is 29.3 Å². The van der Waals surface area contributed by atoms with E-state index >= 15 is 0 Å². The third-order valence-corrected chi connectivity index (χ3v) is 9.36. The van der Waals surface area contributed by atoms with Crippen molar-refractivity contribution in [2.75, 3.05) is 44.8 Å². The van der Waals surface area contributed by atoms with Crippen LogP contribution in [0.1, 0.15) is 57.1 Å². The quantitative estimate of drug-likeness (QED) is 0.237. The summed E-state index contributed by atoms with van der Waals surface area (Å²) in [7, 11) is 0. The summed E-state index contributed by atoms with van der Waals surface area (Å²) < 4.78 is 10.9. The molecule has 4 amide bonds. The molecule has 12 nitrogen and oxygen atoms in total. The second kappa shape index (κ2) is 12.7. The summed E-state index contributed by atoms with van der Waals surface area (Å²) in [4.78, 5) is 68.3. The van der Waals surface area contributed by atoms with Crippen molar-refractivity contribution in [2.24, 2.45) is 17.6 Å². The number of nitrogens with zero attached hydrogens (tertiary/aromatic N) is 1. The van der Waals surface area contributed by atoms with Gasteiger partial charge < -0.3 is 31.2 Å². The zero-order valence-corrected chi connectivity index (χ0v) is 25.0. The lowest BCUT2D eigenvalue weighted by molar-refractivity contribution is -0.142. The van der Waals surface area contributed by atoms with Crippen molar-refractivity contribution in [3.63, 3.8) is 0 Å². The maximum Gasteiger partial charge on any atom is 0.244 e. The molecule has 12 heteroatoms. The SMILES string of the molecule is C[C@H](NC(=O)CN1CCOCC1)C(=O)NC(Cc1ccc2c(c1)CC(=O)N2)(C(N)=O)[C@H](CC1CCCC1)C(=O)[C@@]1(C)CO1. The van der Waals surface area contributed by atoms with E-state index in [1.54, 1.807) is 26.0 Å². The standard InChI is InChI=1S/C31H43N5O7/c1-19(33-26(38)17-36-9-11-42-12-10-36)28(40)35-31(29(32)41,16-21-7-8-24-22(13-21)15-25(37)34-24)23(14-20-5-3-4-6-20)27(39)30(2)18-43-30/h7-8,13,19-20,23H,3-6,9-12,14-18H2,1-2H3,(H2,32,41)(H,33,38)(H,34,37)(H,35,40)/t19-,23+,30+,31?/m0/s1. The minimum absolute atomic E-state index is 0.0524. The van der Waals surface area contributed by atoms with Crippen LogP contribution in [0.3, 0.4) is 0 Å². The van der Waals surface area contributed by atoms with Crippen molar-refractivity contribution >= 4 is 35.1 Å². The minimum Gasteiger partial charge on any atom is -0.379 e. The molecule has 3 heterocycles. The predicted molar refractivity (Wildman–Crippen MR) is 157 cm³/mol. The molecule has 4 atom stereocenters. The van der Waals surface area contributed by atoms with Gasteiger partial charge in [-0.3, -0.25) is 28.9 Å². The molecule has 3 fully saturated rings. The maximum atomic E-state index is 14.1. The van der Waals surface area contributed by atoms with Gasteiger partial charge in [-0.1, -0.05) is 37.8 Å². The van der Waals surface area contributed by atoms with E-state index < -0.39 is 34.9 Å². The van der Waals surface area contributed by atoms with Gasteiger partial charge in [0.15, 0.2) is 5.78 Å². The first-order valence-electron chi connectivity index (χ1n) is 15.3. The number of benzene rings is 1. The average Bonchev–Trinajstić information content (AvgIpc) is 3.33. The summed E-state index contributed by atoms with van der Waals surface area (Å²) in [5, 5.41) is 8.43. The van der Waals surface area contributed by atoms with Crippen LogP contribution in [0.2, 0.25) is 0 Å². The third kappa shape index (κ3) is 7.08. The fraction of sp³-hybridized carbons (Fsp3) is 0.645. The Hall–Kier alpha value is -3.35. The Balaban J connectivity index is 1.44. The molecule has 2 saturated heterocycles. The molecule has 43 heavy (non-hydrogen) atoms. The molecule has 0 spiro atoms. The fourth-order valence-corrected chi connectivity index (χ4v) is 6.66. The number of carbonyl (C=O) groups excluding carboxylic acids is 5. The number of Topliss-reactive ketones (excluding diaryl/α,β-unsaturated/α-hetero) is 1. The van der Waals surface area contributed by atoms with Gasteiger partial charge in [-0.15, -0.1) is 0 Å². The van der Waals surface area contributed by atoms with Crippen molar-refractivity contribution in [1.29, 1.82) is 0 Å². The van der Waals surface area contributed by atoms with E-state index in [0.717, 1.165) is 31.2 Å². The first kappa shape index (κ1) is 31.1. The van der Waals surface area contributed by atoms with Gasteiger partial charge >= 0.3 is 0 Å². The van der Waals surface area contributed by atoms with Gasteiger partial charge in [0, 0.05) is 25.2 Å². The highest BCUT2D eigenvalue weighted by atomic mass is 16.6. The molecular formula is C31H43N5O7. The number of amides is 4. The average molecular weight is 598 g/mol. The summed E-state index contributed by atoms with van der Waals surface area (Å²) in [6.45, 7) is 5.90. The van der Waals surface area contributed by atoms with Crippen LogP contribution < -0.4 is 21.7 Å². The van der Waals surface area contributed by atoms with E-state index in [1.807, 2.05) is 11.0 Å². The van der Waals surface area contributed by atoms with E-state index in [9.17, 15) is 24.0 Å². The number of primary amides is 1. The fourth-order valence-electron chi connectivity index (χ4n) is 6.66. The monoisotopic (exact) mass is 597 g/mol. The van der Waals surface area contributed by atoms with Gasteiger partial charge in [-0.25, -0.2) is 0 Å². The highest BCUT2D eigenvalue weighted by molar-refractivity contribution is 6.02. The summed E-state index contributed by atoms with van der Waals surface area (Å²) in [6, 6.07) is 4.35. The van der Waals surface area contributed by atoms with E-state index in [0.29, 0.717) is 44.0 Å². The number of rotatable bonds is 13. The van der Waals surface area contributed by atoms with Crippen LogP contribution in [0.25, 0.3) is 0 Å². The van der Waals surface area contributed by atoms with Crippen LogP contribution in [-0.2, 0) is 46.3 Å². The van der Waals surface area contributed by atoms with Crippen LogP contribution >= 0.6 is 0 Å². The van der Waals surface area contributed by atoms with E-state index in [4.69, 9.17) is 15.2 Å². The number of nitrogens with one attached hydrogen (secondary N) is 3. The van der Waals surface area contributed by atoms with Gasteiger partial charge in [0.25, 0.3) is 0 Å². The van der Waals surface area contributed by atoms with Crippen molar-refractivity contribution in [1.82, 2.24) is 15.5 Å². The number of hydrogen-bond donors (Lipinski definition) is 4. The second-order valence-corrected chi connectivity index (χ2v) is 12.7. The zero-order valence-electron chi connectivity index (χ0n) is 25.0. The molecule has 3 aliphatic heterocycles. The Labute approximate surface area is 251 Å². The Morgan fingerprint density at radius 3 is 2.53 bits per heavy atom. The molecule has 0 aromatic heterocycles. The Kier molecular flexibility index (Phi) is 9.19. The van der Waals surface area contributed by atoms with Gasteiger partial charge in [0.05, 0.1) is 38.7 Å². The first-order valence-corrected chi connectivity index (χ1v) is 15.3. The summed E-state index contributed by atoms with van der Waals surface area (Å²) in [5.41, 5.74) is 5.46. The number of nitrogens with two attached hydrogens (primary N) is 1. The number of epoxide rings is 1. The number of ether oxygens (including phenoxy) is 2. The smallest absolute Gasteiger partial charge is 0.244 e. The van der Waals surface area contributed by atoms with Crippen molar-refractivity contribution < 1.29 is 33.4 Å². The molecule has 1 aromatic carbocycles. The van der Waals surface area contributed by atoms with Gasteiger partial charge in [0.2, 0.25) is 23.6 Å². The molecule has 5 rings (SSSR count). The number of fused-ring (bicyclic) bond motifs is 1. The van der Waals surface area contributed by atoms with Crippen molar-refractivity contribution in [3.8, 4) is 0 Å². The van der Waals surface area contributed by atoms with Crippen molar-refractivity contribution in [2.45, 2.75) is 76.0 Å². The Morgan fingerprint density at radius 1 is 1.19 bits per heavy atom. The third-order valence-electron chi connectivity index (χ3n) is 9.36. The molecule has 5 N–H and O–H groups in total. The molecule has 1 aromatic rings. The Morgan fingerprint density at radius 2 is 1.88 bits per heavy atom. The van der Waals surface area contributed by atoms with E-state index in [2.05, 4.69) is 16.0 Å². The molecule has 234 valence electrons. The largest absolute Gasteiger partial charge is 0.379 e. The van der Waals surface area contributed by atoms with Gasteiger partial charge in [-0.05, 0) is 43.4 Å². The van der Waals surface area contributed by atoms with Crippen LogP contribution in [0.4, 0.5) is 5.69 Å². The highest BCUT2D eigenvalue weighted by Gasteiger charge is 2.58. The van der Waals surface area contributed by atoms with Crippen LogP contribution in [-0.4, -0.2) is 90.9 Å². The van der Waals surface area contributed by atoms with Crippen LogP contribution in [0.5, 0.6) is 0 Å². The summed E-state index contributed by atoms with van der Waals surface area (Å²) in [6.07, 6.45) is 4.44. The highest BCUT2D eigenvalue weighted by Crippen LogP contribution is 2.42. The van der Waals surface area contributed by atoms with Crippen LogP contribution in [0.15, 0.2) is 18.2 Å². The molecule has 4 aliphatic rings. The number of morpholine rings is 1. The molecule has 1 saturated carbocycles. The Bertz CT molecular complexity index is 1270. The van der Waals surface area contributed by atoms with Crippen LogP contribution in [0, 0.1) is 11.8 Å². The molecule has 0 bridgehead atoms. The number of anilines is 1. The summed E-state index contributed by atoms with van der Waals surface area (Å²) >= 11 is 0. The molecule has 1 unspecified atom stereocenters. The second-order valence-electron chi connectivity index (χ2n) is 12.7. The molecular weight excluding hydrogens is 554 g/mol. The molecule has 1 aliphatic carbocycles. The van der Waals surface area contributed by atoms with Gasteiger partial charge in [0.1, 0.15) is 17.2 Å². The normalized spacial score (nSPS) is 24.7. The zero-order chi connectivity index (χ0) is 30.8. The van der Waals surface area contributed by atoms with E-state index in [1.165, 1.54) is 0 Å². The lowest BCUT2D eigenvalue weighted by Crippen LogP contribution is -2.68. The van der Waals surface area contributed by atoms with Gasteiger partial charge in [-0.2, -0.15) is 0 Å².